The number of nitrogens with one attached hydrogen (secondary N) is 1. The molecular formula is C26H32F2NO4PS. The lowest BCUT2D eigenvalue weighted by molar-refractivity contribution is -0.106. The third-order valence-electron chi connectivity index (χ3n) is 4.10. The highest BCUT2D eigenvalue weighted by molar-refractivity contribution is 7.27. The fourth-order valence-electron chi connectivity index (χ4n) is 2.56. The Morgan fingerprint density at radius 3 is 2.20 bits per heavy atom. The predicted molar refractivity (Wildman–Crippen MR) is 145 cm³/mol. The van der Waals surface area contributed by atoms with E-state index in [-0.39, 0.29) is 27.8 Å². The highest BCUT2D eigenvalue weighted by atomic mass is 32.1. The molecule has 0 saturated heterocycles. The number of carboxylic acid groups (broad SMARTS) is 1. The molecule has 3 aromatic rings. The van der Waals surface area contributed by atoms with Crippen LogP contribution in [0.5, 0.6) is 5.75 Å². The molecule has 35 heavy (non-hydrogen) atoms. The van der Waals surface area contributed by atoms with E-state index in [2.05, 4.69) is 21.1 Å². The first-order valence-corrected chi connectivity index (χ1v) is 12.3. The van der Waals surface area contributed by atoms with Gasteiger partial charge >= 0.3 is 5.97 Å². The van der Waals surface area contributed by atoms with Gasteiger partial charge in [0.15, 0.2) is 23.7 Å². The topological polar surface area (TPSA) is 75.6 Å². The molecule has 9 heteroatoms. The van der Waals surface area contributed by atoms with Crippen LogP contribution in [0.25, 0.3) is 11.1 Å². The molecule has 1 atom stereocenters. The number of hydrogen-bond donors (Lipinski definition) is 2. The summed E-state index contributed by atoms with van der Waals surface area (Å²) in [6.07, 6.45) is 0.590. The van der Waals surface area contributed by atoms with Crippen LogP contribution in [-0.2, 0) is 4.79 Å². The summed E-state index contributed by atoms with van der Waals surface area (Å²) < 4.78 is 32.6. The number of para-hydroxylation sites is 1. The molecule has 0 aliphatic heterocycles. The van der Waals surface area contributed by atoms with Crippen molar-refractivity contribution in [3.8, 4) is 16.9 Å². The molecule has 5 nitrogen and oxygen atoms in total. The van der Waals surface area contributed by atoms with Gasteiger partial charge in [0, 0.05) is 28.9 Å². The molecule has 190 valence electrons. The van der Waals surface area contributed by atoms with Gasteiger partial charge in [-0.1, -0.05) is 64.6 Å². The molecule has 1 heterocycles. The van der Waals surface area contributed by atoms with E-state index in [1.807, 2.05) is 52.8 Å². The summed E-state index contributed by atoms with van der Waals surface area (Å²) in [5.74, 6) is -2.42. The first kappa shape index (κ1) is 31.9. The second-order valence-electron chi connectivity index (χ2n) is 6.19. The molecule has 2 aromatic carbocycles. The molecule has 0 bridgehead atoms. The summed E-state index contributed by atoms with van der Waals surface area (Å²) >= 11 is 1.13. The number of halogens is 2. The van der Waals surface area contributed by atoms with E-state index in [0.717, 1.165) is 16.9 Å². The zero-order valence-corrected chi connectivity index (χ0v) is 22.7. The van der Waals surface area contributed by atoms with E-state index in [0.29, 0.717) is 17.0 Å². The highest BCUT2D eigenvalue weighted by Gasteiger charge is 2.22. The Kier molecular flexibility index (Phi) is 15.1. The van der Waals surface area contributed by atoms with Crippen molar-refractivity contribution in [3.05, 3.63) is 76.9 Å². The zero-order valence-electron chi connectivity index (χ0n) is 20.7. The summed E-state index contributed by atoms with van der Waals surface area (Å²) in [6, 6.07) is 10.2. The Labute approximate surface area is 212 Å². The molecule has 0 aliphatic rings. The minimum Gasteiger partial charge on any atom is -0.478 e. The molecular weight excluding hydrogens is 491 g/mol. The SMILES string of the molecule is C=C(C=O)Oc1ccccc1C.CC.CC.CNc1scc(-c2ccc(P)c(F)c2F)c1C(=O)O. The number of allylic oxidation sites excluding steroid dienone is 1. The number of ether oxygens (including phenoxy) is 1. The average molecular weight is 524 g/mol. The van der Waals surface area contributed by atoms with Crippen LogP contribution in [-0.4, -0.2) is 24.4 Å². The molecule has 0 spiro atoms. The normalized spacial score (nSPS) is 9.17. The monoisotopic (exact) mass is 523 g/mol. The summed E-state index contributed by atoms with van der Waals surface area (Å²) in [5, 5.41) is 13.9. The van der Waals surface area contributed by atoms with Gasteiger partial charge in [0.05, 0.1) is 0 Å². The average Bonchev–Trinajstić information content (AvgIpc) is 3.31. The number of hydrogen-bond acceptors (Lipinski definition) is 5. The van der Waals surface area contributed by atoms with Gasteiger partial charge in [-0.3, -0.25) is 4.79 Å². The van der Waals surface area contributed by atoms with Gasteiger partial charge < -0.3 is 15.2 Å². The first-order valence-electron chi connectivity index (χ1n) is 10.8. The van der Waals surface area contributed by atoms with E-state index < -0.39 is 17.6 Å². The Morgan fingerprint density at radius 2 is 1.69 bits per heavy atom. The van der Waals surface area contributed by atoms with Crippen molar-refractivity contribution in [1.29, 1.82) is 0 Å². The summed E-state index contributed by atoms with van der Waals surface area (Å²) in [4.78, 5) is 21.4. The number of carbonyl (C=O) groups is 2. The van der Waals surface area contributed by atoms with Crippen LogP contribution in [0.3, 0.4) is 0 Å². The number of aldehydes is 1. The van der Waals surface area contributed by atoms with Gasteiger partial charge in [0.1, 0.15) is 16.3 Å². The fourth-order valence-corrected chi connectivity index (χ4v) is 3.70. The summed E-state index contributed by atoms with van der Waals surface area (Å²) in [6.45, 7) is 13.3. The van der Waals surface area contributed by atoms with Crippen molar-refractivity contribution < 1.29 is 28.2 Å². The third-order valence-corrected chi connectivity index (χ3v) is 5.54. The Bertz CT molecular complexity index is 1130. The van der Waals surface area contributed by atoms with Crippen molar-refractivity contribution in [2.75, 3.05) is 12.4 Å². The van der Waals surface area contributed by atoms with Crippen molar-refractivity contribution in [3.63, 3.8) is 0 Å². The van der Waals surface area contributed by atoms with Crippen LogP contribution in [0.4, 0.5) is 13.8 Å². The van der Waals surface area contributed by atoms with E-state index in [9.17, 15) is 23.5 Å². The molecule has 2 N–H and O–H groups in total. The number of benzene rings is 2. The van der Waals surface area contributed by atoms with Crippen molar-refractivity contribution in [1.82, 2.24) is 0 Å². The van der Waals surface area contributed by atoms with Crippen molar-refractivity contribution in [2.45, 2.75) is 34.6 Å². The van der Waals surface area contributed by atoms with Gasteiger partial charge in [0.25, 0.3) is 0 Å². The maximum Gasteiger partial charge on any atom is 0.339 e. The molecule has 3 rings (SSSR count). The molecule has 1 aromatic heterocycles. The van der Waals surface area contributed by atoms with Gasteiger partial charge in [-0.05, 0) is 18.6 Å². The maximum atomic E-state index is 13.9. The molecule has 1 unspecified atom stereocenters. The molecule has 0 fully saturated rings. The lowest BCUT2D eigenvalue weighted by Gasteiger charge is -2.06. The highest BCUT2D eigenvalue weighted by Crippen LogP contribution is 2.36. The molecule has 0 aliphatic carbocycles. The maximum absolute atomic E-state index is 13.9. The molecule has 0 radical (unpaired) electrons. The van der Waals surface area contributed by atoms with Gasteiger partial charge in [-0.15, -0.1) is 20.6 Å². The van der Waals surface area contributed by atoms with Crippen molar-refractivity contribution >= 4 is 43.1 Å². The van der Waals surface area contributed by atoms with Crippen LogP contribution in [0, 0.1) is 18.6 Å². The predicted octanol–water partition coefficient (Wildman–Crippen LogP) is 7.07. The van der Waals surface area contributed by atoms with Crippen LogP contribution in [0.2, 0.25) is 0 Å². The van der Waals surface area contributed by atoms with Crippen LogP contribution < -0.4 is 15.4 Å². The molecule has 0 saturated carbocycles. The summed E-state index contributed by atoms with van der Waals surface area (Å²) in [5.41, 5.74) is 1.05. The van der Waals surface area contributed by atoms with E-state index >= 15 is 0 Å². The number of aryl methyl sites for hydroxylation is 1. The van der Waals surface area contributed by atoms with E-state index in [1.54, 1.807) is 13.1 Å². The quantitative estimate of drug-likeness (QED) is 0.156. The standard InChI is InChI=1S/C12H10F2NO2PS.C10H10O2.2C2H6/c1-15-11-8(12(16)17)6(4-19-11)5-2-3-7(18)10(14)9(5)13;1-8-5-3-4-6-10(8)12-9(2)7-11;2*1-2/h2-4,15H,18H2,1H3,(H,16,17);3-7H,2H2,1H3;2*1-2H3. The third kappa shape index (κ3) is 8.89. The van der Waals surface area contributed by atoms with Crippen LogP contribution in [0.15, 0.2) is 54.1 Å². The van der Waals surface area contributed by atoms with Gasteiger partial charge in [-0.2, -0.15) is 0 Å². The smallest absolute Gasteiger partial charge is 0.339 e. The first-order chi connectivity index (χ1) is 16.7. The lowest BCUT2D eigenvalue weighted by atomic mass is 10.0. The second kappa shape index (κ2) is 16.5. The Balaban J connectivity index is 0.000000623. The van der Waals surface area contributed by atoms with Crippen LogP contribution >= 0.6 is 20.6 Å². The second-order valence-corrected chi connectivity index (χ2v) is 7.69. The Morgan fingerprint density at radius 1 is 1.09 bits per heavy atom. The van der Waals surface area contributed by atoms with Gasteiger partial charge in [0.2, 0.25) is 0 Å². The van der Waals surface area contributed by atoms with E-state index in [1.165, 1.54) is 17.5 Å². The number of carbonyl (C=O) groups excluding carboxylic acids is 1. The van der Waals surface area contributed by atoms with Crippen molar-refractivity contribution in [2.24, 2.45) is 0 Å². The van der Waals surface area contributed by atoms with Crippen LogP contribution in [0.1, 0.15) is 43.6 Å². The zero-order chi connectivity index (χ0) is 27.1. The number of rotatable bonds is 6. The molecule has 0 amide bonds. The Hall–Kier alpha value is -3.09. The number of carboxylic acids is 1. The van der Waals surface area contributed by atoms with Gasteiger partial charge in [-0.25, -0.2) is 13.6 Å². The van der Waals surface area contributed by atoms with E-state index in [4.69, 9.17) is 4.74 Å². The minimum atomic E-state index is -1.18. The largest absolute Gasteiger partial charge is 0.478 e. The number of thiophene rings is 1. The lowest BCUT2D eigenvalue weighted by Crippen LogP contribution is -2.06. The minimum absolute atomic E-state index is 0.0534. The number of anilines is 1. The fraction of sp³-hybridized carbons (Fsp3) is 0.231. The summed E-state index contributed by atoms with van der Waals surface area (Å²) in [7, 11) is 3.66. The number of aromatic carboxylic acids is 1.